The van der Waals surface area contributed by atoms with Gasteiger partial charge in [0.05, 0.1) is 0 Å². The number of piperidine rings is 1. The van der Waals surface area contributed by atoms with Crippen molar-refractivity contribution >= 4 is 10.2 Å². The van der Waals surface area contributed by atoms with E-state index in [1.165, 1.54) is 10.4 Å². The van der Waals surface area contributed by atoms with Crippen LogP contribution in [-0.2, 0) is 16.6 Å². The summed E-state index contributed by atoms with van der Waals surface area (Å²) in [7, 11) is -3.45. The molecule has 1 aliphatic heterocycles. The molecule has 0 amide bonds. The fourth-order valence-electron chi connectivity index (χ4n) is 4.05. The molecule has 3 rings (SSSR count). The topological polar surface area (TPSA) is 53.5 Å². The molecule has 29 heavy (non-hydrogen) atoms. The normalized spacial score (nSPS) is 18.3. The maximum absolute atomic E-state index is 14.1. The van der Waals surface area contributed by atoms with E-state index in [4.69, 9.17) is 4.98 Å². The van der Waals surface area contributed by atoms with E-state index in [9.17, 15) is 12.8 Å². The van der Waals surface area contributed by atoms with Crippen LogP contribution in [0.2, 0.25) is 0 Å². The number of nitrogens with zero attached hydrogens (tertiary/aromatic N) is 3. The van der Waals surface area contributed by atoms with Crippen LogP contribution in [0.25, 0.3) is 0 Å². The average Bonchev–Trinajstić information content (AvgIpc) is 2.70. The number of hydrogen-bond acceptors (Lipinski definition) is 3. The highest BCUT2D eigenvalue weighted by atomic mass is 32.2. The molecule has 7 heteroatoms. The van der Waals surface area contributed by atoms with E-state index < -0.39 is 10.2 Å². The molecular formula is C22H30FN3O2S. The molecule has 1 aromatic carbocycles. The van der Waals surface area contributed by atoms with E-state index in [0.29, 0.717) is 38.2 Å². The summed E-state index contributed by atoms with van der Waals surface area (Å²) >= 11 is 0. The van der Waals surface area contributed by atoms with Crippen molar-refractivity contribution in [1.82, 2.24) is 13.6 Å². The Kier molecular flexibility index (Phi) is 7.03. The van der Waals surface area contributed by atoms with Gasteiger partial charge in [0.2, 0.25) is 0 Å². The number of pyridine rings is 1. The zero-order valence-electron chi connectivity index (χ0n) is 17.4. The molecule has 0 aliphatic carbocycles. The molecule has 0 bridgehead atoms. The van der Waals surface area contributed by atoms with Gasteiger partial charge in [-0.1, -0.05) is 32.0 Å². The fraction of sp³-hybridized carbons (Fsp3) is 0.500. The number of halogens is 1. The molecular weight excluding hydrogens is 389 g/mol. The van der Waals surface area contributed by atoms with Gasteiger partial charge in [0.15, 0.2) is 0 Å². The highest BCUT2D eigenvalue weighted by Crippen LogP contribution is 2.29. The quantitative estimate of drug-likeness (QED) is 0.684. The van der Waals surface area contributed by atoms with Crippen molar-refractivity contribution in [3.63, 3.8) is 0 Å². The summed E-state index contributed by atoms with van der Waals surface area (Å²) in [5, 5.41) is 0. The van der Waals surface area contributed by atoms with E-state index in [2.05, 4.69) is 0 Å². The Balaban J connectivity index is 1.83. The van der Waals surface area contributed by atoms with Crippen LogP contribution >= 0.6 is 0 Å². The molecule has 0 N–H and O–H groups in total. The van der Waals surface area contributed by atoms with Crippen molar-refractivity contribution in [2.75, 3.05) is 26.2 Å². The summed E-state index contributed by atoms with van der Waals surface area (Å²) in [6, 6.07) is 10.8. The zero-order valence-corrected chi connectivity index (χ0v) is 18.3. The van der Waals surface area contributed by atoms with Crippen LogP contribution in [0.1, 0.15) is 55.1 Å². The second-order valence-electron chi connectivity index (χ2n) is 7.60. The van der Waals surface area contributed by atoms with Crippen molar-refractivity contribution in [2.45, 2.75) is 46.0 Å². The maximum atomic E-state index is 14.1. The molecule has 2 heterocycles. The Morgan fingerprint density at radius 2 is 1.93 bits per heavy atom. The van der Waals surface area contributed by atoms with Crippen LogP contribution in [0.5, 0.6) is 0 Å². The largest absolute Gasteiger partial charge is 0.281 e. The SMILES string of the molecule is CCN(CC)S(=O)(=O)N1CCCC(c2cc(Cc3ccccc3F)cc(C)n2)C1. The summed E-state index contributed by atoms with van der Waals surface area (Å²) in [6.07, 6.45) is 2.21. The maximum Gasteiger partial charge on any atom is 0.281 e. The molecule has 0 spiro atoms. The first kappa shape index (κ1) is 21.9. The van der Waals surface area contributed by atoms with Crippen molar-refractivity contribution in [3.05, 3.63) is 64.7 Å². The molecule has 2 aromatic rings. The minimum atomic E-state index is -3.45. The number of hydrogen-bond donors (Lipinski definition) is 0. The third kappa shape index (κ3) is 5.02. The molecule has 1 saturated heterocycles. The van der Waals surface area contributed by atoms with Crippen LogP contribution in [-0.4, -0.2) is 48.2 Å². The average molecular weight is 420 g/mol. The van der Waals surface area contributed by atoms with Gasteiger partial charge in [-0.3, -0.25) is 4.98 Å². The predicted molar refractivity (Wildman–Crippen MR) is 114 cm³/mol. The van der Waals surface area contributed by atoms with Crippen LogP contribution in [0, 0.1) is 12.7 Å². The third-order valence-electron chi connectivity index (χ3n) is 5.55. The molecule has 1 fully saturated rings. The third-order valence-corrected chi connectivity index (χ3v) is 7.70. The van der Waals surface area contributed by atoms with E-state index in [1.807, 2.05) is 39.0 Å². The number of rotatable bonds is 7. The molecule has 1 unspecified atom stereocenters. The van der Waals surface area contributed by atoms with Gasteiger partial charge in [-0.25, -0.2) is 4.39 Å². The molecule has 158 valence electrons. The number of benzene rings is 1. The van der Waals surface area contributed by atoms with Crippen molar-refractivity contribution < 1.29 is 12.8 Å². The Bertz CT molecular complexity index is 945. The molecule has 1 atom stereocenters. The van der Waals surface area contributed by atoms with Crippen molar-refractivity contribution in [1.29, 1.82) is 0 Å². The Hall–Kier alpha value is -1.83. The molecule has 1 aliphatic rings. The second kappa shape index (κ2) is 9.32. The van der Waals surface area contributed by atoms with Gasteiger partial charge in [-0.05, 0) is 49.1 Å². The van der Waals surface area contributed by atoms with Crippen molar-refractivity contribution in [2.24, 2.45) is 0 Å². The minimum Gasteiger partial charge on any atom is -0.258 e. The van der Waals surface area contributed by atoms with Crippen molar-refractivity contribution in [3.8, 4) is 0 Å². The lowest BCUT2D eigenvalue weighted by molar-refractivity contribution is 0.285. The summed E-state index contributed by atoms with van der Waals surface area (Å²) in [4.78, 5) is 4.69. The van der Waals surface area contributed by atoms with Gasteiger partial charge >= 0.3 is 0 Å². The fourth-order valence-corrected chi connectivity index (χ4v) is 5.75. The highest BCUT2D eigenvalue weighted by molar-refractivity contribution is 7.86. The van der Waals surface area contributed by atoms with Crippen LogP contribution in [0.3, 0.4) is 0 Å². The monoisotopic (exact) mass is 419 g/mol. The van der Waals surface area contributed by atoms with Crippen LogP contribution < -0.4 is 0 Å². The predicted octanol–water partition coefficient (Wildman–Crippen LogP) is 3.89. The minimum absolute atomic E-state index is 0.0494. The van der Waals surface area contributed by atoms with Crippen LogP contribution in [0.4, 0.5) is 4.39 Å². The summed E-state index contributed by atoms with van der Waals surface area (Å²) in [5.41, 5.74) is 3.42. The Labute approximate surface area is 173 Å². The lowest BCUT2D eigenvalue weighted by atomic mass is 9.93. The first-order valence-electron chi connectivity index (χ1n) is 10.3. The van der Waals surface area contributed by atoms with Gasteiger partial charge in [0, 0.05) is 49.9 Å². The van der Waals surface area contributed by atoms with E-state index >= 15 is 0 Å². The van der Waals surface area contributed by atoms with E-state index in [1.54, 1.807) is 16.4 Å². The second-order valence-corrected chi connectivity index (χ2v) is 9.53. The van der Waals surface area contributed by atoms with Gasteiger partial charge in [-0.15, -0.1) is 0 Å². The van der Waals surface area contributed by atoms with Gasteiger partial charge < -0.3 is 0 Å². The van der Waals surface area contributed by atoms with Crippen LogP contribution in [0.15, 0.2) is 36.4 Å². The van der Waals surface area contributed by atoms with E-state index in [-0.39, 0.29) is 11.7 Å². The summed E-state index contributed by atoms with van der Waals surface area (Å²) in [6.45, 7) is 7.57. The molecule has 5 nitrogen and oxygen atoms in total. The Morgan fingerprint density at radius 1 is 1.21 bits per heavy atom. The zero-order chi connectivity index (χ0) is 21.0. The lowest BCUT2D eigenvalue weighted by Gasteiger charge is -2.35. The number of aryl methyl sites for hydroxylation is 1. The van der Waals surface area contributed by atoms with Gasteiger partial charge in [-0.2, -0.15) is 17.0 Å². The Morgan fingerprint density at radius 3 is 2.62 bits per heavy atom. The summed E-state index contributed by atoms with van der Waals surface area (Å²) in [5.74, 6) is -0.161. The first-order valence-corrected chi connectivity index (χ1v) is 11.7. The smallest absolute Gasteiger partial charge is 0.258 e. The molecule has 0 radical (unpaired) electrons. The lowest BCUT2D eigenvalue weighted by Crippen LogP contribution is -2.47. The standard InChI is InChI=1S/C22H30FN3O2S/c1-4-25(5-2)29(27,28)26-12-8-10-20(16-26)22-15-18(13-17(3)24-22)14-19-9-6-7-11-21(19)23/h6-7,9,11,13,15,20H,4-5,8,10,12,14,16H2,1-3H3. The van der Waals surface area contributed by atoms with Gasteiger partial charge in [0.1, 0.15) is 5.82 Å². The van der Waals surface area contributed by atoms with Gasteiger partial charge in [0.25, 0.3) is 10.2 Å². The molecule has 1 aromatic heterocycles. The van der Waals surface area contributed by atoms with E-state index in [0.717, 1.165) is 29.8 Å². The molecule has 0 saturated carbocycles. The first-order chi connectivity index (χ1) is 13.8. The summed E-state index contributed by atoms with van der Waals surface area (Å²) < 4.78 is 43.0. The number of aromatic nitrogens is 1. The highest BCUT2D eigenvalue weighted by Gasteiger charge is 2.33.